The van der Waals surface area contributed by atoms with E-state index in [2.05, 4.69) is 57.4 Å². The molecule has 1 N–H and O–H groups in total. The molecule has 0 aliphatic carbocycles. The smallest absolute Gasteiger partial charge is 0.0320 e. The third-order valence-electron chi connectivity index (χ3n) is 3.25. The average molecular weight is 219 g/mol. The van der Waals surface area contributed by atoms with Crippen molar-refractivity contribution in [2.24, 2.45) is 5.92 Å². The zero-order valence-electron chi connectivity index (χ0n) is 11.1. The molecule has 16 heavy (non-hydrogen) atoms. The lowest BCUT2D eigenvalue weighted by molar-refractivity contribution is 0.407. The minimum Gasteiger partial charge on any atom is -0.313 e. The van der Waals surface area contributed by atoms with Crippen molar-refractivity contribution in [2.75, 3.05) is 7.05 Å². The molecular formula is C15H25N. The fourth-order valence-corrected chi connectivity index (χ4v) is 2.23. The largest absolute Gasteiger partial charge is 0.313 e. The van der Waals surface area contributed by atoms with Crippen LogP contribution in [0.2, 0.25) is 0 Å². The maximum Gasteiger partial charge on any atom is 0.0320 e. The summed E-state index contributed by atoms with van der Waals surface area (Å²) in [6, 6.07) is 9.39. The lowest BCUT2D eigenvalue weighted by atomic mass is 9.93. The summed E-state index contributed by atoms with van der Waals surface area (Å²) in [6.07, 6.45) is 3.84. The Kier molecular flexibility index (Phi) is 5.54. The summed E-state index contributed by atoms with van der Waals surface area (Å²) >= 11 is 0. The predicted molar refractivity (Wildman–Crippen MR) is 71.7 cm³/mol. The van der Waals surface area contributed by atoms with Gasteiger partial charge in [0.1, 0.15) is 0 Å². The van der Waals surface area contributed by atoms with Crippen LogP contribution >= 0.6 is 0 Å². The summed E-state index contributed by atoms with van der Waals surface area (Å²) in [4.78, 5) is 0. The molecule has 1 rings (SSSR count). The summed E-state index contributed by atoms with van der Waals surface area (Å²) in [5.41, 5.74) is 2.75. The summed E-state index contributed by atoms with van der Waals surface area (Å²) in [5, 5.41) is 3.43. The fourth-order valence-electron chi connectivity index (χ4n) is 2.23. The zero-order chi connectivity index (χ0) is 12.0. The first kappa shape index (κ1) is 13.2. The summed E-state index contributed by atoms with van der Waals surface area (Å²) in [6.45, 7) is 6.75. The number of rotatable bonds is 6. The molecule has 0 saturated carbocycles. The molecule has 1 aromatic rings. The highest BCUT2D eigenvalue weighted by atomic mass is 14.9. The van der Waals surface area contributed by atoms with Crippen molar-refractivity contribution in [3.05, 3.63) is 35.4 Å². The monoisotopic (exact) mass is 219 g/mol. The zero-order valence-corrected chi connectivity index (χ0v) is 11.1. The second-order valence-corrected chi connectivity index (χ2v) is 4.88. The average Bonchev–Trinajstić information content (AvgIpc) is 2.27. The van der Waals surface area contributed by atoms with Crippen LogP contribution in [0.4, 0.5) is 0 Å². The molecule has 0 aliphatic rings. The Morgan fingerprint density at radius 3 is 2.31 bits per heavy atom. The van der Waals surface area contributed by atoms with Crippen molar-refractivity contribution in [1.82, 2.24) is 5.32 Å². The molecule has 0 saturated heterocycles. The van der Waals surface area contributed by atoms with Crippen molar-refractivity contribution in [2.45, 2.75) is 46.1 Å². The van der Waals surface area contributed by atoms with Gasteiger partial charge in [-0.1, -0.05) is 56.5 Å². The SMILES string of the molecule is CCCC(C)CC(NC)c1ccc(C)cc1. The lowest BCUT2D eigenvalue weighted by Gasteiger charge is -2.21. The maximum absolute atomic E-state index is 3.43. The molecule has 1 heteroatoms. The third kappa shape index (κ3) is 3.97. The van der Waals surface area contributed by atoms with Crippen molar-refractivity contribution in [3.63, 3.8) is 0 Å². The molecule has 0 spiro atoms. The van der Waals surface area contributed by atoms with Crippen molar-refractivity contribution >= 4 is 0 Å². The van der Waals surface area contributed by atoms with E-state index >= 15 is 0 Å². The first-order valence-electron chi connectivity index (χ1n) is 6.41. The Balaban J connectivity index is 2.63. The Hall–Kier alpha value is -0.820. The van der Waals surface area contributed by atoms with Crippen LogP contribution in [-0.4, -0.2) is 7.05 Å². The second kappa shape index (κ2) is 6.70. The molecular weight excluding hydrogens is 194 g/mol. The first-order valence-corrected chi connectivity index (χ1v) is 6.41. The van der Waals surface area contributed by atoms with Crippen molar-refractivity contribution in [1.29, 1.82) is 0 Å². The van der Waals surface area contributed by atoms with Crippen LogP contribution in [0.3, 0.4) is 0 Å². The molecule has 0 amide bonds. The molecule has 0 bridgehead atoms. The number of hydrogen-bond acceptors (Lipinski definition) is 1. The lowest BCUT2D eigenvalue weighted by Crippen LogP contribution is -2.19. The minimum absolute atomic E-state index is 0.502. The van der Waals surface area contributed by atoms with Gasteiger partial charge in [-0.25, -0.2) is 0 Å². The van der Waals surface area contributed by atoms with Crippen molar-refractivity contribution in [3.8, 4) is 0 Å². The number of nitrogens with one attached hydrogen (secondary N) is 1. The summed E-state index contributed by atoms with van der Waals surface area (Å²) in [5.74, 6) is 0.795. The standard InChI is InChI=1S/C15H25N/c1-5-6-13(3)11-15(16-4)14-9-7-12(2)8-10-14/h7-10,13,15-16H,5-6,11H2,1-4H3. The highest BCUT2D eigenvalue weighted by molar-refractivity contribution is 5.24. The van der Waals surface area contributed by atoms with E-state index in [1.54, 1.807) is 0 Å². The Labute approximate surface area is 100 Å². The van der Waals surface area contributed by atoms with Crippen molar-refractivity contribution < 1.29 is 0 Å². The van der Waals surface area contributed by atoms with Gasteiger partial charge in [0.15, 0.2) is 0 Å². The first-order chi connectivity index (χ1) is 7.67. The predicted octanol–water partition coefficient (Wildman–Crippen LogP) is 4.08. The van der Waals surface area contributed by atoms with Gasteiger partial charge < -0.3 is 5.32 Å². The topological polar surface area (TPSA) is 12.0 Å². The molecule has 0 aliphatic heterocycles. The Bertz CT molecular complexity index is 289. The van der Waals surface area contributed by atoms with Gasteiger partial charge in [0.25, 0.3) is 0 Å². The van der Waals surface area contributed by atoms with Gasteiger partial charge in [0, 0.05) is 6.04 Å². The molecule has 2 atom stereocenters. The summed E-state index contributed by atoms with van der Waals surface area (Å²) < 4.78 is 0. The summed E-state index contributed by atoms with van der Waals surface area (Å²) in [7, 11) is 2.06. The molecule has 2 unspecified atom stereocenters. The van der Waals surface area contributed by atoms with Gasteiger partial charge in [-0.2, -0.15) is 0 Å². The fraction of sp³-hybridized carbons (Fsp3) is 0.600. The maximum atomic E-state index is 3.43. The van der Waals surface area contributed by atoms with Gasteiger partial charge in [0.05, 0.1) is 0 Å². The van der Waals surface area contributed by atoms with Crippen LogP contribution < -0.4 is 5.32 Å². The van der Waals surface area contributed by atoms with Crippen LogP contribution in [0.1, 0.15) is 50.3 Å². The number of aryl methyl sites for hydroxylation is 1. The highest BCUT2D eigenvalue weighted by Crippen LogP contribution is 2.23. The highest BCUT2D eigenvalue weighted by Gasteiger charge is 2.12. The van der Waals surface area contributed by atoms with E-state index < -0.39 is 0 Å². The van der Waals surface area contributed by atoms with Crippen LogP contribution in [0.5, 0.6) is 0 Å². The molecule has 0 radical (unpaired) electrons. The van der Waals surface area contributed by atoms with E-state index in [4.69, 9.17) is 0 Å². The van der Waals surface area contributed by atoms with Crippen LogP contribution in [0, 0.1) is 12.8 Å². The quantitative estimate of drug-likeness (QED) is 0.760. The van der Waals surface area contributed by atoms with Gasteiger partial charge >= 0.3 is 0 Å². The molecule has 0 fully saturated rings. The van der Waals surface area contributed by atoms with Crippen LogP contribution in [0.15, 0.2) is 24.3 Å². The Morgan fingerprint density at radius 1 is 1.19 bits per heavy atom. The molecule has 1 aromatic carbocycles. The van der Waals surface area contributed by atoms with Gasteiger partial charge in [-0.15, -0.1) is 0 Å². The van der Waals surface area contributed by atoms with Gasteiger partial charge in [-0.3, -0.25) is 0 Å². The van der Waals surface area contributed by atoms with Crippen LogP contribution in [0.25, 0.3) is 0 Å². The van der Waals surface area contributed by atoms with Gasteiger partial charge in [-0.05, 0) is 31.9 Å². The van der Waals surface area contributed by atoms with E-state index in [1.165, 1.54) is 30.4 Å². The van der Waals surface area contributed by atoms with E-state index in [0.29, 0.717) is 6.04 Å². The van der Waals surface area contributed by atoms with E-state index in [0.717, 1.165) is 5.92 Å². The van der Waals surface area contributed by atoms with Gasteiger partial charge in [0.2, 0.25) is 0 Å². The molecule has 1 nitrogen and oxygen atoms in total. The number of hydrogen-bond donors (Lipinski definition) is 1. The van der Waals surface area contributed by atoms with Crippen LogP contribution in [-0.2, 0) is 0 Å². The third-order valence-corrected chi connectivity index (χ3v) is 3.25. The Morgan fingerprint density at radius 2 is 1.81 bits per heavy atom. The van der Waals surface area contributed by atoms with E-state index in [-0.39, 0.29) is 0 Å². The number of benzene rings is 1. The second-order valence-electron chi connectivity index (χ2n) is 4.88. The minimum atomic E-state index is 0.502. The van der Waals surface area contributed by atoms with E-state index in [9.17, 15) is 0 Å². The molecule has 0 heterocycles. The molecule has 0 aromatic heterocycles. The molecule has 90 valence electrons. The van der Waals surface area contributed by atoms with E-state index in [1.807, 2.05) is 0 Å². The normalized spacial score (nSPS) is 14.8.